The number of carbonyl (C=O) groups is 1. The lowest BCUT2D eigenvalue weighted by Crippen LogP contribution is -2.33. The highest BCUT2D eigenvalue weighted by Gasteiger charge is 2.12. The lowest BCUT2D eigenvalue weighted by molar-refractivity contribution is -0.139. The minimum absolute atomic E-state index is 0.483. The van der Waals surface area contributed by atoms with E-state index in [2.05, 4.69) is 37.2 Å². The van der Waals surface area contributed by atoms with Crippen molar-refractivity contribution in [2.24, 2.45) is 0 Å². The summed E-state index contributed by atoms with van der Waals surface area (Å²) in [6.45, 7) is 4.60. The Bertz CT molecular complexity index is 414. The molecule has 1 rings (SSSR count). The molecule has 0 bridgehead atoms. The van der Waals surface area contributed by atoms with Gasteiger partial charge in [0.2, 0.25) is 0 Å². The first-order valence-electron chi connectivity index (χ1n) is 5.52. The molecular formula is C12H15Br2NO3. The third-order valence-electron chi connectivity index (χ3n) is 2.33. The number of carboxylic acid groups (broad SMARTS) is 1. The van der Waals surface area contributed by atoms with Crippen molar-refractivity contribution >= 4 is 37.8 Å². The molecule has 0 fully saturated rings. The molecule has 0 spiro atoms. The molecule has 0 amide bonds. The summed E-state index contributed by atoms with van der Waals surface area (Å²) in [5.74, 6) is -0.105. The Labute approximate surface area is 123 Å². The number of halogens is 2. The van der Waals surface area contributed by atoms with Gasteiger partial charge in [0.15, 0.2) is 0 Å². The third kappa shape index (κ3) is 4.26. The van der Waals surface area contributed by atoms with Crippen LogP contribution in [0.5, 0.6) is 5.75 Å². The van der Waals surface area contributed by atoms with Crippen molar-refractivity contribution in [1.82, 2.24) is 5.32 Å². The van der Waals surface area contributed by atoms with Crippen molar-refractivity contribution in [1.29, 1.82) is 0 Å². The van der Waals surface area contributed by atoms with E-state index in [-0.39, 0.29) is 0 Å². The van der Waals surface area contributed by atoms with E-state index in [4.69, 9.17) is 9.84 Å². The van der Waals surface area contributed by atoms with Crippen molar-refractivity contribution in [3.63, 3.8) is 0 Å². The standard InChI is InChI=1S/C12H15Br2NO3/c1-3-18-11-9(13)4-8(5-10(11)14)6-15-7(2)12(16)17/h4-5,7,15H,3,6H2,1-2H3,(H,16,17). The Hall–Kier alpha value is -0.590. The SMILES string of the molecule is CCOc1c(Br)cc(CNC(C)C(=O)O)cc1Br. The van der Waals surface area contributed by atoms with Crippen LogP contribution in [0, 0.1) is 0 Å². The molecule has 0 aromatic heterocycles. The van der Waals surface area contributed by atoms with E-state index in [1.807, 2.05) is 19.1 Å². The Kier molecular flexibility index (Phi) is 6.11. The van der Waals surface area contributed by atoms with Gasteiger partial charge in [-0.3, -0.25) is 4.79 Å². The monoisotopic (exact) mass is 379 g/mol. The first kappa shape index (κ1) is 15.5. The predicted molar refractivity (Wildman–Crippen MR) is 76.9 cm³/mol. The second kappa shape index (κ2) is 7.11. The molecule has 1 unspecified atom stereocenters. The van der Waals surface area contributed by atoms with Gasteiger partial charge >= 0.3 is 5.97 Å². The Morgan fingerprint density at radius 1 is 1.44 bits per heavy atom. The van der Waals surface area contributed by atoms with Crippen LogP contribution in [0.25, 0.3) is 0 Å². The van der Waals surface area contributed by atoms with E-state index in [1.165, 1.54) is 0 Å². The molecule has 0 aliphatic carbocycles. The maximum absolute atomic E-state index is 10.7. The molecule has 4 nitrogen and oxygen atoms in total. The topological polar surface area (TPSA) is 58.6 Å². The fourth-order valence-electron chi connectivity index (χ4n) is 1.35. The molecule has 0 radical (unpaired) electrons. The highest BCUT2D eigenvalue weighted by molar-refractivity contribution is 9.11. The van der Waals surface area contributed by atoms with Gasteiger partial charge in [0.05, 0.1) is 15.6 Å². The van der Waals surface area contributed by atoms with Gasteiger partial charge in [0, 0.05) is 6.54 Å². The van der Waals surface area contributed by atoms with Crippen LogP contribution in [-0.2, 0) is 11.3 Å². The molecule has 0 aliphatic heterocycles. The number of rotatable bonds is 6. The summed E-state index contributed by atoms with van der Waals surface area (Å²) in [5, 5.41) is 11.7. The summed E-state index contributed by atoms with van der Waals surface area (Å²) in [6.07, 6.45) is 0. The Morgan fingerprint density at radius 2 is 2.00 bits per heavy atom. The molecule has 2 N–H and O–H groups in total. The summed E-state index contributed by atoms with van der Waals surface area (Å²) in [4.78, 5) is 10.7. The highest BCUT2D eigenvalue weighted by Crippen LogP contribution is 2.34. The Morgan fingerprint density at radius 3 is 2.44 bits per heavy atom. The number of carboxylic acids is 1. The van der Waals surface area contributed by atoms with Gasteiger partial charge in [-0.2, -0.15) is 0 Å². The van der Waals surface area contributed by atoms with Gasteiger partial charge in [-0.25, -0.2) is 0 Å². The minimum atomic E-state index is -0.862. The summed E-state index contributed by atoms with van der Waals surface area (Å²) in [6, 6.07) is 3.25. The molecular weight excluding hydrogens is 366 g/mol. The van der Waals surface area contributed by atoms with Crippen molar-refractivity contribution < 1.29 is 14.6 Å². The fraction of sp³-hybridized carbons (Fsp3) is 0.417. The van der Waals surface area contributed by atoms with Crippen molar-refractivity contribution in [2.45, 2.75) is 26.4 Å². The van der Waals surface area contributed by atoms with Crippen molar-refractivity contribution in [3.8, 4) is 5.75 Å². The molecule has 1 aromatic rings. The first-order valence-corrected chi connectivity index (χ1v) is 7.11. The molecule has 6 heteroatoms. The number of aliphatic carboxylic acids is 1. The predicted octanol–water partition coefficient (Wildman–Crippen LogP) is 3.17. The molecule has 1 atom stereocenters. The van der Waals surface area contributed by atoms with Crippen LogP contribution in [0.1, 0.15) is 19.4 Å². The van der Waals surface area contributed by atoms with Gasteiger partial charge in [-0.1, -0.05) is 0 Å². The van der Waals surface area contributed by atoms with E-state index in [0.29, 0.717) is 13.2 Å². The molecule has 18 heavy (non-hydrogen) atoms. The van der Waals surface area contributed by atoms with Crippen LogP contribution in [-0.4, -0.2) is 23.7 Å². The van der Waals surface area contributed by atoms with Crippen LogP contribution in [0.2, 0.25) is 0 Å². The van der Waals surface area contributed by atoms with Gasteiger partial charge in [-0.15, -0.1) is 0 Å². The zero-order valence-electron chi connectivity index (χ0n) is 10.2. The molecule has 1 aromatic carbocycles. The molecule has 100 valence electrons. The van der Waals surface area contributed by atoms with Crippen LogP contribution in [0.15, 0.2) is 21.1 Å². The fourth-order valence-corrected chi connectivity index (χ4v) is 2.87. The number of nitrogens with one attached hydrogen (secondary N) is 1. The second-order valence-electron chi connectivity index (χ2n) is 3.76. The van der Waals surface area contributed by atoms with E-state index < -0.39 is 12.0 Å². The van der Waals surface area contributed by atoms with Gasteiger partial charge in [0.25, 0.3) is 0 Å². The van der Waals surface area contributed by atoms with Gasteiger partial charge in [0.1, 0.15) is 11.8 Å². The van der Waals surface area contributed by atoms with Crippen molar-refractivity contribution in [2.75, 3.05) is 6.61 Å². The zero-order chi connectivity index (χ0) is 13.7. The molecule has 0 aliphatic rings. The van der Waals surface area contributed by atoms with Crippen LogP contribution < -0.4 is 10.1 Å². The van der Waals surface area contributed by atoms with Crippen LogP contribution in [0.4, 0.5) is 0 Å². The quantitative estimate of drug-likeness (QED) is 0.795. The first-order chi connectivity index (χ1) is 8.45. The average molecular weight is 381 g/mol. The smallest absolute Gasteiger partial charge is 0.320 e. The summed E-state index contributed by atoms with van der Waals surface area (Å²) in [5.41, 5.74) is 0.977. The lowest BCUT2D eigenvalue weighted by Gasteiger charge is -2.13. The summed E-state index contributed by atoms with van der Waals surface area (Å²) < 4.78 is 7.17. The Balaban J connectivity index is 2.77. The molecule has 0 saturated heterocycles. The zero-order valence-corrected chi connectivity index (χ0v) is 13.3. The van der Waals surface area contributed by atoms with Gasteiger partial charge < -0.3 is 15.2 Å². The number of ether oxygens (including phenoxy) is 1. The van der Waals surface area contributed by atoms with Crippen molar-refractivity contribution in [3.05, 3.63) is 26.6 Å². The summed E-state index contributed by atoms with van der Waals surface area (Å²) in [7, 11) is 0. The third-order valence-corrected chi connectivity index (χ3v) is 3.51. The van der Waals surface area contributed by atoms with E-state index in [1.54, 1.807) is 6.92 Å². The second-order valence-corrected chi connectivity index (χ2v) is 5.47. The number of hydrogen-bond donors (Lipinski definition) is 2. The molecule has 0 saturated carbocycles. The van der Waals surface area contributed by atoms with Crippen LogP contribution in [0.3, 0.4) is 0 Å². The van der Waals surface area contributed by atoms with E-state index in [0.717, 1.165) is 20.3 Å². The maximum Gasteiger partial charge on any atom is 0.320 e. The van der Waals surface area contributed by atoms with E-state index >= 15 is 0 Å². The number of hydrogen-bond acceptors (Lipinski definition) is 3. The normalized spacial score (nSPS) is 12.2. The summed E-state index contributed by atoms with van der Waals surface area (Å²) >= 11 is 6.87. The maximum atomic E-state index is 10.7. The van der Waals surface area contributed by atoms with Gasteiger partial charge in [-0.05, 0) is 63.4 Å². The average Bonchev–Trinajstić information content (AvgIpc) is 2.30. The highest BCUT2D eigenvalue weighted by atomic mass is 79.9. The lowest BCUT2D eigenvalue weighted by atomic mass is 10.2. The van der Waals surface area contributed by atoms with Crippen LogP contribution >= 0.6 is 31.9 Å². The molecule has 0 heterocycles. The minimum Gasteiger partial charge on any atom is -0.492 e. The largest absolute Gasteiger partial charge is 0.492 e. The van der Waals surface area contributed by atoms with E-state index in [9.17, 15) is 4.79 Å². The number of benzene rings is 1.